The predicted octanol–water partition coefficient (Wildman–Crippen LogP) is -1.98. The van der Waals surface area contributed by atoms with Crippen molar-refractivity contribution in [3.63, 3.8) is 0 Å². The number of halogens is 1. The molecule has 0 fully saturated rings. The zero-order chi connectivity index (χ0) is 8.69. The monoisotopic (exact) mass is 193 g/mol. The van der Waals surface area contributed by atoms with Gasteiger partial charge in [-0.05, 0) is 32.6 Å². The van der Waals surface area contributed by atoms with Crippen LogP contribution in [0.5, 0.6) is 0 Å². The van der Waals surface area contributed by atoms with Gasteiger partial charge in [-0.15, -0.1) is 0 Å². The Kier molecular flexibility index (Phi) is 10.8. The van der Waals surface area contributed by atoms with Crippen molar-refractivity contribution in [2.45, 2.75) is 39.5 Å². The van der Waals surface area contributed by atoms with E-state index in [9.17, 15) is 4.79 Å². The fraction of sp³-hybridized carbons (Fsp3) is 0.889. The van der Waals surface area contributed by atoms with Crippen molar-refractivity contribution >= 4 is 5.78 Å². The first-order valence-electron chi connectivity index (χ1n) is 4.52. The molecule has 74 valence electrons. The highest BCUT2D eigenvalue weighted by Crippen LogP contribution is 2.12. The van der Waals surface area contributed by atoms with Crippen LogP contribution in [-0.4, -0.2) is 12.3 Å². The van der Waals surface area contributed by atoms with E-state index in [1.807, 2.05) is 0 Å². The number of unbranched alkanes of at least 4 members (excludes halogenated alkanes) is 1. The van der Waals surface area contributed by atoms with Crippen molar-refractivity contribution in [3.8, 4) is 0 Å². The van der Waals surface area contributed by atoms with Crippen LogP contribution in [0.25, 0.3) is 0 Å². The molecule has 2 nitrogen and oxygen atoms in total. The molecule has 0 radical (unpaired) electrons. The van der Waals surface area contributed by atoms with E-state index in [-0.39, 0.29) is 12.4 Å². The van der Waals surface area contributed by atoms with Crippen LogP contribution in [0.2, 0.25) is 0 Å². The number of Topliss-reactive ketones (excluding diaryl/α,β-unsaturated/α-hetero) is 1. The lowest BCUT2D eigenvalue weighted by Crippen LogP contribution is -3.00. The van der Waals surface area contributed by atoms with Crippen LogP contribution in [0, 0.1) is 5.92 Å². The van der Waals surface area contributed by atoms with Gasteiger partial charge in [-0.3, -0.25) is 4.79 Å². The van der Waals surface area contributed by atoms with E-state index >= 15 is 0 Å². The molecule has 0 heterocycles. The summed E-state index contributed by atoms with van der Waals surface area (Å²) in [5, 5.41) is 0. The van der Waals surface area contributed by atoms with Crippen molar-refractivity contribution in [2.75, 3.05) is 6.54 Å². The summed E-state index contributed by atoms with van der Waals surface area (Å²) >= 11 is 0. The fourth-order valence-electron chi connectivity index (χ4n) is 1.26. The maximum Gasteiger partial charge on any atom is 0.132 e. The Morgan fingerprint density at radius 2 is 2.00 bits per heavy atom. The fourth-order valence-corrected chi connectivity index (χ4v) is 1.26. The Labute approximate surface area is 81.3 Å². The minimum Gasteiger partial charge on any atom is -1.00 e. The zero-order valence-corrected chi connectivity index (χ0v) is 8.86. The maximum absolute atomic E-state index is 11.0. The minimum absolute atomic E-state index is 0. The van der Waals surface area contributed by atoms with Gasteiger partial charge in [-0.1, -0.05) is 6.92 Å². The Morgan fingerprint density at radius 3 is 2.33 bits per heavy atom. The Hall–Kier alpha value is -0.0800. The first-order valence-corrected chi connectivity index (χ1v) is 4.52. The second-order valence-corrected chi connectivity index (χ2v) is 3.07. The molecule has 0 aromatic heterocycles. The van der Waals surface area contributed by atoms with E-state index in [1.165, 1.54) is 0 Å². The molecular formula is C9H20ClNO. The van der Waals surface area contributed by atoms with E-state index in [2.05, 4.69) is 12.7 Å². The van der Waals surface area contributed by atoms with E-state index < -0.39 is 0 Å². The number of ketones is 1. The normalized spacial score (nSPS) is 11.9. The molecule has 1 atom stereocenters. The lowest BCUT2D eigenvalue weighted by molar-refractivity contribution is -0.368. The summed E-state index contributed by atoms with van der Waals surface area (Å²) in [7, 11) is 0. The first-order chi connectivity index (χ1) is 5.22. The SMILES string of the molecule is CCC(CCCC[NH3+])C(C)=O.[Cl-]. The molecule has 0 aromatic rings. The second-order valence-electron chi connectivity index (χ2n) is 3.07. The van der Waals surface area contributed by atoms with Gasteiger partial charge in [-0.2, -0.15) is 0 Å². The largest absolute Gasteiger partial charge is 1.00 e. The molecule has 3 heteroatoms. The summed E-state index contributed by atoms with van der Waals surface area (Å²) < 4.78 is 0. The molecule has 0 aliphatic carbocycles. The molecule has 0 rings (SSSR count). The molecule has 0 aliphatic heterocycles. The highest BCUT2D eigenvalue weighted by Gasteiger charge is 2.10. The van der Waals surface area contributed by atoms with Gasteiger partial charge in [0.25, 0.3) is 0 Å². The van der Waals surface area contributed by atoms with Crippen LogP contribution in [0.1, 0.15) is 39.5 Å². The maximum atomic E-state index is 11.0. The number of quaternary nitrogens is 1. The van der Waals surface area contributed by atoms with Crippen LogP contribution < -0.4 is 18.1 Å². The van der Waals surface area contributed by atoms with E-state index in [0.717, 1.165) is 32.2 Å². The van der Waals surface area contributed by atoms with Crippen molar-refractivity contribution in [1.29, 1.82) is 0 Å². The minimum atomic E-state index is 0. The molecule has 3 N–H and O–H groups in total. The summed E-state index contributed by atoms with van der Waals surface area (Å²) in [5.74, 6) is 0.651. The highest BCUT2D eigenvalue weighted by molar-refractivity contribution is 5.78. The van der Waals surface area contributed by atoms with Gasteiger partial charge in [0.2, 0.25) is 0 Å². The summed E-state index contributed by atoms with van der Waals surface area (Å²) in [4.78, 5) is 11.0. The molecule has 0 amide bonds. The molecule has 0 saturated heterocycles. The van der Waals surface area contributed by atoms with E-state index in [4.69, 9.17) is 0 Å². The average molecular weight is 194 g/mol. The van der Waals surface area contributed by atoms with Crippen LogP contribution in [-0.2, 0) is 4.79 Å². The standard InChI is InChI=1S/C9H19NO.ClH/c1-3-9(8(2)11)6-4-5-7-10;/h9H,3-7,10H2,1-2H3;1H. The topological polar surface area (TPSA) is 44.7 Å². The second kappa shape index (κ2) is 9.01. The molecule has 12 heavy (non-hydrogen) atoms. The van der Waals surface area contributed by atoms with Crippen molar-refractivity contribution in [3.05, 3.63) is 0 Å². The molecule has 0 aliphatic rings. The van der Waals surface area contributed by atoms with Crippen LogP contribution in [0.4, 0.5) is 0 Å². The predicted molar refractivity (Wildman–Crippen MR) is 46.1 cm³/mol. The third kappa shape index (κ3) is 6.62. The highest BCUT2D eigenvalue weighted by atomic mass is 35.5. The van der Waals surface area contributed by atoms with Gasteiger partial charge in [0.15, 0.2) is 0 Å². The average Bonchev–Trinajstić information content (AvgIpc) is 1.97. The Bertz CT molecular complexity index is 117. The van der Waals surface area contributed by atoms with Crippen molar-refractivity contribution in [2.24, 2.45) is 5.92 Å². The zero-order valence-electron chi connectivity index (χ0n) is 8.11. The van der Waals surface area contributed by atoms with Crippen molar-refractivity contribution < 1.29 is 22.9 Å². The third-order valence-corrected chi connectivity index (χ3v) is 2.12. The van der Waals surface area contributed by atoms with Gasteiger partial charge >= 0.3 is 0 Å². The Balaban J connectivity index is 0. The lowest BCUT2D eigenvalue weighted by atomic mass is 9.96. The van der Waals surface area contributed by atoms with Gasteiger partial charge in [0.1, 0.15) is 5.78 Å². The van der Waals surface area contributed by atoms with Crippen LogP contribution >= 0.6 is 0 Å². The number of carbonyl (C=O) groups is 1. The summed E-state index contributed by atoms with van der Waals surface area (Å²) in [6.45, 7) is 4.77. The summed E-state index contributed by atoms with van der Waals surface area (Å²) in [6, 6.07) is 0. The Morgan fingerprint density at radius 1 is 1.42 bits per heavy atom. The smallest absolute Gasteiger partial charge is 0.132 e. The van der Waals surface area contributed by atoms with Crippen LogP contribution in [0.15, 0.2) is 0 Å². The number of hydrogen-bond donors (Lipinski definition) is 1. The number of carbonyl (C=O) groups excluding carboxylic acids is 1. The van der Waals surface area contributed by atoms with E-state index in [0.29, 0.717) is 11.7 Å². The first kappa shape index (κ1) is 14.4. The lowest BCUT2D eigenvalue weighted by Gasteiger charge is -2.08. The molecule has 1 unspecified atom stereocenters. The molecule has 0 bridgehead atoms. The third-order valence-electron chi connectivity index (χ3n) is 2.12. The van der Waals surface area contributed by atoms with Gasteiger partial charge in [0.05, 0.1) is 6.54 Å². The molecule has 0 saturated carbocycles. The number of hydrogen-bond acceptors (Lipinski definition) is 1. The van der Waals surface area contributed by atoms with Gasteiger partial charge < -0.3 is 18.1 Å². The molecule has 0 spiro atoms. The van der Waals surface area contributed by atoms with Crippen molar-refractivity contribution in [1.82, 2.24) is 0 Å². The van der Waals surface area contributed by atoms with E-state index in [1.54, 1.807) is 6.92 Å². The van der Waals surface area contributed by atoms with Crippen LogP contribution in [0.3, 0.4) is 0 Å². The van der Waals surface area contributed by atoms with Gasteiger partial charge in [-0.25, -0.2) is 0 Å². The summed E-state index contributed by atoms with van der Waals surface area (Å²) in [5.41, 5.74) is 3.77. The van der Waals surface area contributed by atoms with Gasteiger partial charge in [0, 0.05) is 5.92 Å². The number of rotatable bonds is 6. The summed E-state index contributed by atoms with van der Waals surface area (Å²) in [6.07, 6.45) is 4.36. The molecular weight excluding hydrogens is 174 g/mol. The molecule has 0 aromatic carbocycles. The quantitative estimate of drug-likeness (QED) is 0.489.